The van der Waals surface area contributed by atoms with Crippen LogP contribution in [0.4, 0.5) is 5.69 Å². The van der Waals surface area contributed by atoms with Gasteiger partial charge in [-0.05, 0) is 18.8 Å². The van der Waals surface area contributed by atoms with Gasteiger partial charge in [0.1, 0.15) is 0 Å². The van der Waals surface area contributed by atoms with Crippen LogP contribution in [0.15, 0.2) is 6.07 Å². The minimum Gasteiger partial charge on any atom is -0.337 e. The van der Waals surface area contributed by atoms with Crippen molar-refractivity contribution in [2.75, 3.05) is 26.2 Å². The highest BCUT2D eigenvalue weighted by Crippen LogP contribution is 2.32. The highest BCUT2D eigenvalue weighted by atomic mass is 35.5. The molecule has 0 aliphatic carbocycles. The van der Waals surface area contributed by atoms with E-state index in [0.29, 0.717) is 21.6 Å². The Morgan fingerprint density at radius 1 is 1.45 bits per heavy atom. The molecule has 0 bridgehead atoms. The molecular formula is C12H16ClN3O3S. The van der Waals surface area contributed by atoms with E-state index < -0.39 is 4.92 Å². The van der Waals surface area contributed by atoms with Crippen LogP contribution in [-0.4, -0.2) is 41.9 Å². The summed E-state index contributed by atoms with van der Waals surface area (Å²) in [7, 11) is 0. The lowest BCUT2D eigenvalue weighted by molar-refractivity contribution is -0.385. The van der Waals surface area contributed by atoms with Crippen LogP contribution < -0.4 is 5.32 Å². The van der Waals surface area contributed by atoms with Crippen LogP contribution in [0, 0.1) is 28.9 Å². The molecular weight excluding hydrogens is 302 g/mol. The molecule has 0 saturated carbocycles. The second-order valence-electron chi connectivity index (χ2n) is 5.20. The van der Waals surface area contributed by atoms with Crippen molar-refractivity contribution in [1.82, 2.24) is 10.2 Å². The van der Waals surface area contributed by atoms with Crippen LogP contribution >= 0.6 is 23.7 Å². The third kappa shape index (κ3) is 2.53. The van der Waals surface area contributed by atoms with Crippen molar-refractivity contribution >= 4 is 35.3 Å². The predicted molar refractivity (Wildman–Crippen MR) is 78.7 cm³/mol. The lowest BCUT2D eigenvalue weighted by Crippen LogP contribution is -2.31. The Hall–Kier alpha value is -1.18. The number of nitrogens with zero attached hydrogens (tertiary/aromatic N) is 2. The molecule has 2 atom stereocenters. The van der Waals surface area contributed by atoms with E-state index in [2.05, 4.69) is 5.32 Å². The van der Waals surface area contributed by atoms with E-state index in [0.717, 1.165) is 26.2 Å². The molecule has 1 amide bonds. The molecule has 0 aromatic carbocycles. The van der Waals surface area contributed by atoms with Crippen molar-refractivity contribution in [2.24, 2.45) is 11.8 Å². The highest BCUT2D eigenvalue weighted by Gasteiger charge is 2.39. The summed E-state index contributed by atoms with van der Waals surface area (Å²) in [6.07, 6.45) is 0. The molecule has 3 heterocycles. The molecule has 6 nitrogen and oxygen atoms in total. The minimum absolute atomic E-state index is 0. The Kier molecular flexibility index (Phi) is 4.31. The monoisotopic (exact) mass is 317 g/mol. The van der Waals surface area contributed by atoms with E-state index in [9.17, 15) is 14.9 Å². The average molecular weight is 318 g/mol. The highest BCUT2D eigenvalue weighted by molar-refractivity contribution is 7.14. The fourth-order valence-electron chi connectivity index (χ4n) is 2.94. The Morgan fingerprint density at radius 2 is 2.05 bits per heavy atom. The smallest absolute Gasteiger partial charge is 0.283 e. The number of thiophene rings is 1. The zero-order chi connectivity index (χ0) is 13.6. The Balaban J connectivity index is 0.00000147. The summed E-state index contributed by atoms with van der Waals surface area (Å²) in [6, 6.07) is 1.41. The lowest BCUT2D eigenvalue weighted by atomic mass is 10.0. The number of nitro groups is 1. The fourth-order valence-corrected chi connectivity index (χ4v) is 3.89. The van der Waals surface area contributed by atoms with E-state index in [-0.39, 0.29) is 24.0 Å². The van der Waals surface area contributed by atoms with Gasteiger partial charge in [-0.3, -0.25) is 14.9 Å². The van der Waals surface area contributed by atoms with Crippen molar-refractivity contribution < 1.29 is 9.72 Å². The number of hydrogen-bond acceptors (Lipinski definition) is 5. The second kappa shape index (κ2) is 5.67. The number of halogens is 1. The Morgan fingerprint density at radius 3 is 2.55 bits per heavy atom. The maximum Gasteiger partial charge on any atom is 0.283 e. The van der Waals surface area contributed by atoms with Gasteiger partial charge in [0.2, 0.25) is 0 Å². The van der Waals surface area contributed by atoms with Gasteiger partial charge in [-0.15, -0.1) is 23.7 Å². The first kappa shape index (κ1) is 15.2. The predicted octanol–water partition coefficient (Wildman–Crippen LogP) is 1.68. The van der Waals surface area contributed by atoms with Crippen LogP contribution in [0.1, 0.15) is 14.5 Å². The summed E-state index contributed by atoms with van der Waals surface area (Å²) in [4.78, 5) is 25.7. The number of carbonyl (C=O) groups excluding carboxylic acids is 1. The summed E-state index contributed by atoms with van der Waals surface area (Å²) in [5.41, 5.74) is 0.0504. The first-order chi connectivity index (χ1) is 9.06. The number of nitrogens with one attached hydrogen (secondary N) is 1. The molecule has 3 rings (SSSR count). The molecule has 8 heteroatoms. The zero-order valence-corrected chi connectivity index (χ0v) is 12.6. The summed E-state index contributed by atoms with van der Waals surface area (Å²) >= 11 is 1.22. The molecule has 0 radical (unpaired) electrons. The number of aryl methyl sites for hydroxylation is 1. The third-order valence-corrected chi connectivity index (χ3v) is 5.00. The Bertz CT molecular complexity index is 536. The summed E-state index contributed by atoms with van der Waals surface area (Å²) in [5, 5.41) is 14.1. The minimum atomic E-state index is -0.425. The van der Waals surface area contributed by atoms with Gasteiger partial charge in [0.25, 0.3) is 11.6 Å². The third-order valence-electron chi connectivity index (χ3n) is 3.98. The second-order valence-corrected chi connectivity index (χ2v) is 6.45. The largest absolute Gasteiger partial charge is 0.337 e. The standard InChI is InChI=1S/C12H15N3O3S.ClH/c1-7-10(15(17)18)2-11(19-7)12(16)14-5-8-3-13-4-9(8)6-14;/h2,8-9,13H,3-6H2,1H3;1H/t8-,9+;. The zero-order valence-electron chi connectivity index (χ0n) is 11.0. The van der Waals surface area contributed by atoms with E-state index >= 15 is 0 Å². The van der Waals surface area contributed by atoms with Crippen LogP contribution in [0.25, 0.3) is 0 Å². The van der Waals surface area contributed by atoms with Gasteiger partial charge in [0.15, 0.2) is 0 Å². The van der Waals surface area contributed by atoms with E-state index in [1.165, 1.54) is 17.4 Å². The lowest BCUT2D eigenvalue weighted by Gasteiger charge is -2.16. The number of hydrogen-bond donors (Lipinski definition) is 1. The van der Waals surface area contributed by atoms with Gasteiger partial charge in [-0.1, -0.05) is 0 Å². The molecule has 1 N–H and O–H groups in total. The van der Waals surface area contributed by atoms with Crippen molar-refractivity contribution in [3.05, 3.63) is 25.9 Å². The van der Waals surface area contributed by atoms with Crippen LogP contribution in [0.3, 0.4) is 0 Å². The van der Waals surface area contributed by atoms with E-state index in [4.69, 9.17) is 0 Å². The molecule has 20 heavy (non-hydrogen) atoms. The van der Waals surface area contributed by atoms with E-state index in [1.54, 1.807) is 6.92 Å². The molecule has 1 aromatic rings. The average Bonchev–Trinajstić information content (AvgIpc) is 2.99. The normalized spacial score (nSPS) is 24.4. The number of likely N-dealkylation sites (tertiary alicyclic amines) is 1. The molecule has 2 aliphatic rings. The van der Waals surface area contributed by atoms with Gasteiger partial charge in [0, 0.05) is 32.2 Å². The molecule has 1 aromatic heterocycles. The fraction of sp³-hybridized carbons (Fsp3) is 0.583. The van der Waals surface area contributed by atoms with Crippen molar-refractivity contribution in [2.45, 2.75) is 6.92 Å². The first-order valence-electron chi connectivity index (χ1n) is 6.31. The van der Waals surface area contributed by atoms with Gasteiger partial charge in [-0.25, -0.2) is 0 Å². The van der Waals surface area contributed by atoms with Crippen molar-refractivity contribution in [3.8, 4) is 0 Å². The molecule has 2 saturated heterocycles. The number of fused-ring (bicyclic) bond motifs is 1. The first-order valence-corrected chi connectivity index (χ1v) is 7.12. The molecule has 0 spiro atoms. The quantitative estimate of drug-likeness (QED) is 0.665. The van der Waals surface area contributed by atoms with Gasteiger partial charge < -0.3 is 10.2 Å². The van der Waals surface area contributed by atoms with Crippen molar-refractivity contribution in [1.29, 1.82) is 0 Å². The molecule has 2 fully saturated rings. The van der Waals surface area contributed by atoms with E-state index in [1.807, 2.05) is 4.90 Å². The summed E-state index contributed by atoms with van der Waals surface area (Å²) < 4.78 is 0. The molecule has 110 valence electrons. The Labute approximate surface area is 126 Å². The van der Waals surface area contributed by atoms with Crippen LogP contribution in [0.2, 0.25) is 0 Å². The van der Waals surface area contributed by atoms with Crippen LogP contribution in [0.5, 0.6) is 0 Å². The SMILES string of the molecule is Cc1sc(C(=O)N2C[C@H]3CNC[C@H]3C2)cc1[N+](=O)[O-].Cl. The van der Waals surface area contributed by atoms with Gasteiger partial charge in [0.05, 0.1) is 14.7 Å². The molecule has 2 aliphatic heterocycles. The number of carbonyl (C=O) groups is 1. The number of rotatable bonds is 2. The maximum atomic E-state index is 12.4. The van der Waals surface area contributed by atoms with Gasteiger partial charge >= 0.3 is 0 Å². The van der Waals surface area contributed by atoms with Crippen LogP contribution in [-0.2, 0) is 0 Å². The molecule has 0 unspecified atom stereocenters. The summed E-state index contributed by atoms with van der Waals surface area (Å²) in [6.45, 7) is 5.15. The topological polar surface area (TPSA) is 75.5 Å². The summed E-state index contributed by atoms with van der Waals surface area (Å²) in [5.74, 6) is 1.02. The van der Waals surface area contributed by atoms with Gasteiger partial charge in [-0.2, -0.15) is 0 Å². The number of amides is 1. The van der Waals surface area contributed by atoms with Crippen molar-refractivity contribution in [3.63, 3.8) is 0 Å². The maximum absolute atomic E-state index is 12.4.